The van der Waals surface area contributed by atoms with Crippen molar-refractivity contribution in [2.75, 3.05) is 5.32 Å². The van der Waals surface area contributed by atoms with Crippen LogP contribution in [0.2, 0.25) is 0 Å². The molecule has 0 aliphatic rings. The number of halogens is 3. The van der Waals surface area contributed by atoms with Gasteiger partial charge in [-0.25, -0.2) is 0 Å². The third-order valence-corrected chi connectivity index (χ3v) is 3.60. The molecule has 1 amide bonds. The number of benzene rings is 1. The van der Waals surface area contributed by atoms with E-state index in [4.69, 9.17) is 34.8 Å². The van der Waals surface area contributed by atoms with Crippen molar-refractivity contribution < 1.29 is 4.79 Å². The Morgan fingerprint density at radius 2 is 1.82 bits per heavy atom. The number of carbonyl (C=O) groups excluding carboxylic acids is 1. The Morgan fingerprint density at radius 1 is 1.14 bits per heavy atom. The smallest absolute Gasteiger partial charge is 0.271 e. The van der Waals surface area contributed by atoms with Crippen molar-refractivity contribution in [2.45, 2.75) is 16.9 Å². The van der Waals surface area contributed by atoms with Crippen LogP contribution in [0.5, 0.6) is 0 Å². The highest BCUT2D eigenvalue weighted by Gasteiger charge is 2.34. The van der Waals surface area contributed by atoms with Crippen LogP contribution in [0.25, 0.3) is 0 Å². The normalized spacial score (nSPS) is 12.5. The maximum Gasteiger partial charge on any atom is 0.271 e. The lowest BCUT2D eigenvalue weighted by atomic mass is 10.2. The highest BCUT2D eigenvalue weighted by Crippen LogP contribution is 2.31. The number of para-hydroxylation sites is 1. The monoisotopic (exact) mass is 357 g/mol. The van der Waals surface area contributed by atoms with Crippen molar-refractivity contribution in [1.29, 1.82) is 0 Å². The Labute approximate surface area is 143 Å². The Balaban J connectivity index is 2.18. The van der Waals surface area contributed by atoms with Crippen LogP contribution in [0.15, 0.2) is 48.7 Å². The van der Waals surface area contributed by atoms with Gasteiger partial charge >= 0.3 is 0 Å². The molecular formula is C15H14Cl3N3O. The molecule has 2 aromatic rings. The number of nitrogens with one attached hydrogen (secondary N) is 2. The second-order valence-corrected chi connectivity index (χ2v) is 6.99. The van der Waals surface area contributed by atoms with E-state index < -0.39 is 15.9 Å². The van der Waals surface area contributed by atoms with E-state index in [1.165, 1.54) is 6.20 Å². The number of amides is 1. The molecule has 1 unspecified atom stereocenters. The summed E-state index contributed by atoms with van der Waals surface area (Å²) in [7, 11) is 0. The molecule has 0 saturated carbocycles. The second kappa shape index (κ2) is 7.18. The van der Waals surface area contributed by atoms with Crippen LogP contribution in [0.3, 0.4) is 0 Å². The molecule has 4 nitrogen and oxygen atoms in total. The first kappa shape index (κ1) is 16.9. The van der Waals surface area contributed by atoms with Gasteiger partial charge in [0, 0.05) is 11.9 Å². The number of alkyl halides is 3. The molecule has 0 aliphatic carbocycles. The van der Waals surface area contributed by atoms with E-state index in [-0.39, 0.29) is 5.69 Å². The first-order chi connectivity index (χ1) is 10.4. The van der Waals surface area contributed by atoms with Gasteiger partial charge in [-0.15, -0.1) is 0 Å². The molecule has 0 saturated heterocycles. The zero-order valence-corrected chi connectivity index (χ0v) is 14.0. The Hall–Kier alpha value is -1.49. The number of anilines is 1. The molecule has 1 aromatic carbocycles. The minimum atomic E-state index is -1.73. The zero-order chi connectivity index (χ0) is 16.2. The van der Waals surface area contributed by atoms with Gasteiger partial charge in [0.1, 0.15) is 11.9 Å². The largest absolute Gasteiger partial charge is 0.362 e. The summed E-state index contributed by atoms with van der Waals surface area (Å²) in [4.78, 5) is 16.2. The molecule has 0 fully saturated rings. The summed E-state index contributed by atoms with van der Waals surface area (Å²) in [5.74, 6) is -0.432. The minimum absolute atomic E-state index is 0.244. The summed E-state index contributed by atoms with van der Waals surface area (Å²) in [6.45, 7) is 1.92. The molecule has 7 heteroatoms. The molecule has 0 spiro atoms. The zero-order valence-electron chi connectivity index (χ0n) is 11.7. The van der Waals surface area contributed by atoms with Crippen molar-refractivity contribution in [1.82, 2.24) is 10.3 Å². The maximum atomic E-state index is 12.2. The number of pyridine rings is 1. The lowest BCUT2D eigenvalue weighted by molar-refractivity contribution is 0.0937. The van der Waals surface area contributed by atoms with Gasteiger partial charge in [-0.05, 0) is 30.7 Å². The highest BCUT2D eigenvalue weighted by atomic mass is 35.6. The van der Waals surface area contributed by atoms with Gasteiger partial charge in [0.15, 0.2) is 0 Å². The van der Waals surface area contributed by atoms with Gasteiger partial charge < -0.3 is 10.6 Å². The Bertz CT molecular complexity index is 644. The maximum absolute atomic E-state index is 12.2. The average Bonchev–Trinajstić information content (AvgIpc) is 2.48. The summed E-state index contributed by atoms with van der Waals surface area (Å²) in [6.07, 6.45) is 0.613. The summed E-state index contributed by atoms with van der Waals surface area (Å²) in [5, 5.41) is 5.67. The van der Waals surface area contributed by atoms with Crippen molar-refractivity contribution in [3.8, 4) is 0 Å². The van der Waals surface area contributed by atoms with Crippen molar-refractivity contribution in [3.05, 3.63) is 59.9 Å². The summed E-state index contributed by atoms with van der Waals surface area (Å²) < 4.78 is -1.73. The molecule has 0 radical (unpaired) electrons. The SMILES string of the molecule is Cc1ccccc1NC(NC(=O)c1ccccn1)C(Cl)(Cl)Cl. The number of hydrogen-bond acceptors (Lipinski definition) is 3. The van der Waals surface area contributed by atoms with Crippen LogP contribution in [-0.2, 0) is 0 Å². The predicted molar refractivity (Wildman–Crippen MR) is 90.6 cm³/mol. The number of nitrogens with zero attached hydrogens (tertiary/aromatic N) is 1. The molecule has 1 aromatic heterocycles. The van der Waals surface area contributed by atoms with Crippen molar-refractivity contribution >= 4 is 46.4 Å². The average molecular weight is 359 g/mol. The van der Waals surface area contributed by atoms with Gasteiger partial charge in [0.2, 0.25) is 3.79 Å². The topological polar surface area (TPSA) is 54.0 Å². The molecule has 116 valence electrons. The van der Waals surface area contributed by atoms with E-state index >= 15 is 0 Å². The highest BCUT2D eigenvalue weighted by molar-refractivity contribution is 6.68. The number of aromatic nitrogens is 1. The number of carbonyl (C=O) groups is 1. The summed E-state index contributed by atoms with van der Waals surface area (Å²) in [5.41, 5.74) is 1.97. The minimum Gasteiger partial charge on any atom is -0.362 e. The van der Waals surface area contributed by atoms with Crippen LogP contribution < -0.4 is 10.6 Å². The molecule has 0 aliphatic heterocycles. The van der Waals surface area contributed by atoms with Gasteiger partial charge in [0.25, 0.3) is 5.91 Å². The summed E-state index contributed by atoms with van der Waals surface area (Å²) >= 11 is 17.9. The molecule has 2 rings (SSSR count). The van der Waals surface area contributed by atoms with Crippen LogP contribution in [-0.4, -0.2) is 20.8 Å². The van der Waals surface area contributed by atoms with Gasteiger partial charge in [-0.2, -0.15) is 0 Å². The molecular weight excluding hydrogens is 345 g/mol. The van der Waals surface area contributed by atoms with E-state index in [0.29, 0.717) is 0 Å². The van der Waals surface area contributed by atoms with E-state index in [2.05, 4.69) is 15.6 Å². The van der Waals surface area contributed by atoms with Crippen molar-refractivity contribution in [2.24, 2.45) is 0 Å². The van der Waals surface area contributed by atoms with E-state index in [0.717, 1.165) is 11.3 Å². The number of aryl methyl sites for hydroxylation is 1. The molecule has 22 heavy (non-hydrogen) atoms. The lowest BCUT2D eigenvalue weighted by Crippen LogP contribution is -2.49. The Morgan fingerprint density at radius 3 is 2.41 bits per heavy atom. The van der Waals surface area contributed by atoms with Gasteiger partial charge in [-0.3, -0.25) is 9.78 Å². The lowest BCUT2D eigenvalue weighted by Gasteiger charge is -2.28. The first-order valence-electron chi connectivity index (χ1n) is 6.48. The summed E-state index contributed by atoms with van der Waals surface area (Å²) in [6, 6.07) is 12.5. The quantitative estimate of drug-likeness (QED) is 0.643. The molecule has 0 bridgehead atoms. The first-order valence-corrected chi connectivity index (χ1v) is 7.62. The molecule has 1 heterocycles. The standard InChI is InChI=1S/C15H14Cl3N3O/c1-10-6-2-3-7-11(10)20-14(15(16,17)18)21-13(22)12-8-4-5-9-19-12/h2-9,14,20H,1H3,(H,21,22). The third kappa shape index (κ3) is 4.50. The van der Waals surface area contributed by atoms with Gasteiger partial charge in [-0.1, -0.05) is 59.1 Å². The fourth-order valence-electron chi connectivity index (χ4n) is 1.79. The van der Waals surface area contributed by atoms with Crippen LogP contribution in [0, 0.1) is 6.92 Å². The van der Waals surface area contributed by atoms with Crippen LogP contribution >= 0.6 is 34.8 Å². The predicted octanol–water partition coefficient (Wildman–Crippen LogP) is 3.93. The Kier molecular flexibility index (Phi) is 5.51. The second-order valence-electron chi connectivity index (χ2n) is 4.62. The van der Waals surface area contributed by atoms with E-state index in [1.54, 1.807) is 18.2 Å². The molecule has 1 atom stereocenters. The van der Waals surface area contributed by atoms with Crippen LogP contribution in [0.4, 0.5) is 5.69 Å². The van der Waals surface area contributed by atoms with E-state index in [9.17, 15) is 4.79 Å². The van der Waals surface area contributed by atoms with Gasteiger partial charge in [0.05, 0.1) is 0 Å². The van der Waals surface area contributed by atoms with E-state index in [1.807, 2.05) is 31.2 Å². The van der Waals surface area contributed by atoms with Crippen LogP contribution in [0.1, 0.15) is 16.1 Å². The fraction of sp³-hybridized carbons (Fsp3) is 0.200. The number of hydrogen-bond donors (Lipinski definition) is 2. The third-order valence-electron chi connectivity index (χ3n) is 2.95. The number of rotatable bonds is 4. The van der Waals surface area contributed by atoms with Crippen molar-refractivity contribution in [3.63, 3.8) is 0 Å². The molecule has 2 N–H and O–H groups in total. The fourth-order valence-corrected chi connectivity index (χ4v) is 2.12.